The highest BCUT2D eigenvalue weighted by molar-refractivity contribution is 7.24. The monoisotopic (exact) mass is 930 g/mol. The van der Waals surface area contributed by atoms with Gasteiger partial charge in [0.2, 0.25) is 0 Å². The average molecular weight is 931 g/mol. The van der Waals surface area contributed by atoms with Crippen molar-refractivity contribution < 1.29 is 0 Å². The number of aryl methyl sites for hydroxylation is 1. The number of anilines is 5. The van der Waals surface area contributed by atoms with Gasteiger partial charge in [-0.2, -0.15) is 0 Å². The predicted octanol–water partition coefficient (Wildman–Crippen LogP) is 12.8. The van der Waals surface area contributed by atoms with Gasteiger partial charge in [-0.3, -0.25) is 0 Å². The molecule has 0 N–H and O–H groups in total. The maximum atomic E-state index is 2.85. The van der Waals surface area contributed by atoms with Crippen LogP contribution in [0.3, 0.4) is 0 Å². The van der Waals surface area contributed by atoms with Crippen LogP contribution >= 0.6 is 0 Å². The summed E-state index contributed by atoms with van der Waals surface area (Å²) in [4.78, 5) is 5.60. The molecule has 71 heavy (non-hydrogen) atoms. The summed E-state index contributed by atoms with van der Waals surface area (Å²) in [5.41, 5.74) is 24.7. The molecule has 15 rings (SSSR count). The van der Waals surface area contributed by atoms with Gasteiger partial charge in [0.05, 0.1) is 0 Å². The van der Waals surface area contributed by atoms with Crippen LogP contribution in [0, 0.1) is 6.92 Å². The van der Waals surface area contributed by atoms with Gasteiger partial charge < -0.3 is 9.71 Å². The second-order valence-corrected chi connectivity index (χ2v) is 27.9. The highest BCUT2D eigenvalue weighted by Crippen LogP contribution is 2.56. The summed E-state index contributed by atoms with van der Waals surface area (Å²) in [5, 5.41) is 8.61. The minimum Gasteiger partial charge on any atom is -0.376 e. The molecule has 0 radical (unpaired) electrons. The van der Waals surface area contributed by atoms with Gasteiger partial charge in [-0.25, -0.2) is 0 Å². The first-order chi connectivity index (χ1) is 34.2. The van der Waals surface area contributed by atoms with E-state index in [4.69, 9.17) is 0 Å². The summed E-state index contributed by atoms with van der Waals surface area (Å²) in [7, 11) is -2.85. The van der Waals surface area contributed by atoms with Gasteiger partial charge in [-0.1, -0.05) is 201 Å². The lowest BCUT2D eigenvalue weighted by Gasteiger charge is -2.53. The fourth-order valence-electron chi connectivity index (χ4n) is 15.4. The Kier molecular flexibility index (Phi) is 7.98. The molecule has 4 aliphatic heterocycles. The number of rotatable bonds is 1. The Hall–Kier alpha value is -6.88. The predicted molar refractivity (Wildman–Crippen MR) is 305 cm³/mol. The molecule has 0 fully saturated rings. The molecule has 4 heterocycles. The first kappa shape index (κ1) is 41.9. The van der Waals surface area contributed by atoms with E-state index >= 15 is 0 Å². The average Bonchev–Trinajstić information content (AvgIpc) is 3.67. The summed E-state index contributed by atoms with van der Waals surface area (Å²) in [6.45, 7) is 22.1. The van der Waals surface area contributed by atoms with Gasteiger partial charge in [-0.15, -0.1) is 0 Å². The third-order valence-corrected chi connectivity index (χ3v) is 24.0. The van der Waals surface area contributed by atoms with E-state index in [1.165, 1.54) is 145 Å². The van der Waals surface area contributed by atoms with E-state index in [0.29, 0.717) is 0 Å². The third-order valence-electron chi connectivity index (χ3n) is 19.0. The van der Waals surface area contributed by atoms with Crippen molar-refractivity contribution in [2.45, 2.75) is 96.8 Å². The normalized spacial score (nSPS) is 18.6. The van der Waals surface area contributed by atoms with Gasteiger partial charge in [0.1, 0.15) is 0 Å². The molecule has 0 amide bonds. The Bertz CT molecular complexity index is 3840. The number of benzene rings is 9. The van der Waals surface area contributed by atoms with Gasteiger partial charge >= 0.3 is 6.85 Å². The van der Waals surface area contributed by atoms with E-state index in [9.17, 15) is 0 Å². The van der Waals surface area contributed by atoms with Crippen molar-refractivity contribution in [2.24, 2.45) is 0 Å². The lowest BCUT2D eigenvalue weighted by atomic mass is 9.42. The fraction of sp³-hybridized carbons (Fsp3) is 0.224. The number of fused-ring (bicyclic) bond motifs is 18. The number of hydrogen-bond acceptors (Lipinski definition) is 2. The Morgan fingerprint density at radius 1 is 0.437 bits per heavy atom. The van der Waals surface area contributed by atoms with E-state index in [1.807, 2.05) is 0 Å². The Balaban J connectivity index is 1.12. The van der Waals surface area contributed by atoms with Crippen molar-refractivity contribution in [1.29, 1.82) is 0 Å². The highest BCUT2D eigenvalue weighted by Gasteiger charge is 2.58. The topological polar surface area (TPSA) is 6.48 Å². The summed E-state index contributed by atoms with van der Waals surface area (Å²) in [6, 6.07) is 67.5. The van der Waals surface area contributed by atoms with Crippen molar-refractivity contribution in [3.8, 4) is 22.3 Å². The number of hydrogen-bond donors (Lipinski definition) is 0. The molecular formula is C67H59BN2Si. The molecule has 0 bridgehead atoms. The fourth-order valence-corrected chi connectivity index (χ4v) is 21.0. The first-order valence-corrected chi connectivity index (χ1v) is 28.2. The van der Waals surface area contributed by atoms with Gasteiger partial charge in [0.25, 0.3) is 0 Å². The number of para-hydroxylation sites is 2. The van der Waals surface area contributed by atoms with Crippen LogP contribution < -0.4 is 41.4 Å². The molecule has 0 saturated carbocycles. The van der Waals surface area contributed by atoms with Crippen molar-refractivity contribution in [3.05, 3.63) is 209 Å². The van der Waals surface area contributed by atoms with Crippen molar-refractivity contribution >= 4 is 85.8 Å². The molecule has 6 aliphatic rings. The van der Waals surface area contributed by atoms with E-state index in [2.05, 4.69) is 242 Å². The quantitative estimate of drug-likeness (QED) is 0.151. The summed E-state index contributed by atoms with van der Waals surface area (Å²) in [6.07, 6.45) is 2.36. The molecular weight excluding hydrogens is 872 g/mol. The van der Waals surface area contributed by atoms with Crippen LogP contribution in [0.25, 0.3) is 33.0 Å². The molecule has 9 aromatic rings. The Morgan fingerprint density at radius 3 is 1.66 bits per heavy atom. The van der Waals surface area contributed by atoms with Crippen LogP contribution in [0.15, 0.2) is 170 Å². The lowest BCUT2D eigenvalue weighted by molar-refractivity contribution is 0.332. The molecule has 2 aliphatic carbocycles. The molecule has 0 unspecified atom stereocenters. The summed E-state index contributed by atoms with van der Waals surface area (Å²) >= 11 is 0. The van der Waals surface area contributed by atoms with Crippen LogP contribution in [0.5, 0.6) is 0 Å². The first-order valence-electron chi connectivity index (χ1n) is 26.2. The molecule has 2 nitrogen and oxygen atoms in total. The van der Waals surface area contributed by atoms with E-state index in [1.54, 1.807) is 0 Å². The SMILES string of the molecule is Cc1cc2c(cc1N1c3cc4c(cc3B3c5c1cc1ccccc1c5-c1cccc5c1N3c1ccccc1[Si]51c3ccccc3-c3ccccc31)C(C)(C)c1ccccc1C4(C)C)C(C)(C)CCC2(C)C. The molecule has 0 atom stereocenters. The summed E-state index contributed by atoms with van der Waals surface area (Å²) in [5.74, 6) is 0. The Morgan fingerprint density at radius 2 is 0.972 bits per heavy atom. The largest absolute Gasteiger partial charge is 0.376 e. The van der Waals surface area contributed by atoms with E-state index in [-0.39, 0.29) is 28.5 Å². The minimum absolute atomic E-state index is 0.0486. The lowest BCUT2D eigenvalue weighted by Crippen LogP contribution is -2.78. The van der Waals surface area contributed by atoms with Crippen molar-refractivity contribution in [2.75, 3.05) is 9.71 Å². The summed E-state index contributed by atoms with van der Waals surface area (Å²) < 4.78 is 0. The van der Waals surface area contributed by atoms with E-state index < -0.39 is 8.07 Å². The Labute approximate surface area is 421 Å². The van der Waals surface area contributed by atoms with Gasteiger partial charge in [0, 0.05) is 44.8 Å². The molecule has 9 aromatic carbocycles. The van der Waals surface area contributed by atoms with Crippen LogP contribution in [0.1, 0.15) is 107 Å². The third kappa shape index (κ3) is 5.00. The molecule has 344 valence electrons. The van der Waals surface area contributed by atoms with E-state index in [0.717, 1.165) is 0 Å². The molecule has 4 heteroatoms. The zero-order chi connectivity index (χ0) is 48.3. The van der Waals surface area contributed by atoms with Crippen LogP contribution in [0.2, 0.25) is 0 Å². The zero-order valence-corrected chi connectivity index (χ0v) is 43.6. The zero-order valence-electron chi connectivity index (χ0n) is 42.6. The molecule has 0 saturated heterocycles. The molecule has 1 spiro atoms. The maximum absolute atomic E-state index is 2.85. The number of nitrogens with zero attached hydrogens (tertiary/aromatic N) is 2. The standard InChI is InChI=1S/C67H59BN2Si/c1-40-35-48-49(65(4,5)34-33-64(48,2)3)38-54(40)69-55-39-51-50(66(6,7)46-26-14-15-27-47(46)67(51,8)9)37-52(55)68-62-56(69)36-41-21-10-11-22-42(41)61(62)45-25-20-32-60-63(45)70(68)53-28-16-19-31-59(53)71(60)57-29-17-12-23-43(57)44-24-13-18-30-58(44)71/h10-32,35-39H,33-34H2,1-9H3. The van der Waals surface area contributed by atoms with Crippen LogP contribution in [-0.4, -0.2) is 14.9 Å². The smallest absolute Gasteiger partial charge is 0.333 e. The minimum atomic E-state index is -2.85. The van der Waals surface area contributed by atoms with Gasteiger partial charge in [-0.05, 0) is 153 Å². The van der Waals surface area contributed by atoms with Crippen molar-refractivity contribution in [3.63, 3.8) is 0 Å². The maximum Gasteiger partial charge on any atom is 0.333 e. The highest BCUT2D eigenvalue weighted by atomic mass is 28.3. The van der Waals surface area contributed by atoms with Crippen LogP contribution in [-0.2, 0) is 21.7 Å². The molecule has 0 aromatic heterocycles. The van der Waals surface area contributed by atoms with Gasteiger partial charge in [0.15, 0.2) is 8.07 Å². The van der Waals surface area contributed by atoms with Crippen LogP contribution in [0.4, 0.5) is 28.4 Å². The second-order valence-electron chi connectivity index (χ2n) is 24.3. The van der Waals surface area contributed by atoms with Crippen molar-refractivity contribution in [1.82, 2.24) is 0 Å². The second kappa shape index (κ2) is 13.5.